The maximum absolute atomic E-state index is 5.40. The number of likely N-dealkylation sites (N-methyl/N-ethyl adjacent to an activating group) is 1. The van der Waals surface area contributed by atoms with Gasteiger partial charge in [0.25, 0.3) is 0 Å². The van der Waals surface area contributed by atoms with Gasteiger partial charge in [-0.1, -0.05) is 19.8 Å². The van der Waals surface area contributed by atoms with Crippen molar-refractivity contribution in [2.45, 2.75) is 57.2 Å². The summed E-state index contributed by atoms with van der Waals surface area (Å²) in [6, 6.07) is 1.50. The number of hydrogen-bond acceptors (Lipinski definition) is 3. The topological polar surface area (TPSA) is 24.5 Å². The lowest BCUT2D eigenvalue weighted by Gasteiger charge is -2.30. The van der Waals surface area contributed by atoms with Gasteiger partial charge in [-0.25, -0.2) is 0 Å². The molecule has 2 fully saturated rings. The van der Waals surface area contributed by atoms with Crippen LogP contribution in [0.25, 0.3) is 0 Å². The first-order valence-corrected chi connectivity index (χ1v) is 6.83. The fourth-order valence-corrected chi connectivity index (χ4v) is 3.19. The second-order valence-electron chi connectivity index (χ2n) is 5.22. The van der Waals surface area contributed by atoms with E-state index in [0.29, 0.717) is 12.1 Å². The molecular weight excluding hydrogens is 200 g/mol. The number of nitrogens with zero attached hydrogens (tertiary/aromatic N) is 1. The lowest BCUT2D eigenvalue weighted by atomic mass is 10.1. The molecule has 3 heteroatoms. The average Bonchev–Trinajstić information content (AvgIpc) is 2.96. The van der Waals surface area contributed by atoms with Crippen LogP contribution in [0.4, 0.5) is 0 Å². The van der Waals surface area contributed by atoms with Crippen LogP contribution < -0.4 is 5.32 Å². The molecule has 0 aromatic carbocycles. The van der Waals surface area contributed by atoms with Crippen LogP contribution in [0.2, 0.25) is 0 Å². The van der Waals surface area contributed by atoms with Crippen LogP contribution in [0.3, 0.4) is 0 Å². The number of methoxy groups -OCH3 is 1. The molecule has 1 aliphatic heterocycles. The molecule has 0 spiro atoms. The average molecular weight is 226 g/mol. The molecule has 0 amide bonds. The zero-order valence-corrected chi connectivity index (χ0v) is 10.7. The molecule has 1 saturated heterocycles. The standard InChI is InChI=1S/C13H26N2O/c1-3-15(12-6-4-5-7-12)10-11-8-13(16-2)9-14-11/h11-14H,3-10H2,1-2H3. The predicted octanol–water partition coefficient (Wildman–Crippen LogP) is 1.63. The van der Waals surface area contributed by atoms with Crippen molar-refractivity contribution in [2.75, 3.05) is 26.7 Å². The quantitative estimate of drug-likeness (QED) is 0.771. The van der Waals surface area contributed by atoms with Crippen LogP contribution in [0.1, 0.15) is 39.0 Å². The summed E-state index contributed by atoms with van der Waals surface area (Å²) in [6.07, 6.45) is 7.30. The Labute approximate surface area is 99.5 Å². The van der Waals surface area contributed by atoms with Gasteiger partial charge in [0.2, 0.25) is 0 Å². The number of nitrogens with one attached hydrogen (secondary N) is 1. The van der Waals surface area contributed by atoms with E-state index in [4.69, 9.17) is 4.74 Å². The summed E-state index contributed by atoms with van der Waals surface area (Å²) in [7, 11) is 1.82. The highest BCUT2D eigenvalue weighted by atomic mass is 16.5. The fourth-order valence-electron chi connectivity index (χ4n) is 3.19. The molecule has 2 unspecified atom stereocenters. The largest absolute Gasteiger partial charge is 0.380 e. The zero-order valence-electron chi connectivity index (χ0n) is 10.7. The van der Waals surface area contributed by atoms with Crippen LogP contribution in [-0.2, 0) is 4.74 Å². The van der Waals surface area contributed by atoms with Gasteiger partial charge in [0.1, 0.15) is 0 Å². The van der Waals surface area contributed by atoms with E-state index in [1.807, 2.05) is 7.11 Å². The highest BCUT2D eigenvalue weighted by Crippen LogP contribution is 2.24. The molecule has 94 valence electrons. The minimum absolute atomic E-state index is 0.437. The van der Waals surface area contributed by atoms with E-state index in [9.17, 15) is 0 Å². The van der Waals surface area contributed by atoms with Crippen molar-refractivity contribution < 1.29 is 4.74 Å². The van der Waals surface area contributed by atoms with Gasteiger partial charge in [-0.05, 0) is 25.8 Å². The van der Waals surface area contributed by atoms with Crippen molar-refractivity contribution >= 4 is 0 Å². The Morgan fingerprint density at radius 3 is 2.62 bits per heavy atom. The second kappa shape index (κ2) is 5.99. The van der Waals surface area contributed by atoms with E-state index in [0.717, 1.165) is 12.6 Å². The summed E-state index contributed by atoms with van der Waals surface area (Å²) in [6.45, 7) is 5.73. The van der Waals surface area contributed by atoms with Gasteiger partial charge >= 0.3 is 0 Å². The number of rotatable bonds is 5. The fraction of sp³-hybridized carbons (Fsp3) is 1.00. The molecule has 0 aromatic heterocycles. The van der Waals surface area contributed by atoms with Gasteiger partial charge in [0.15, 0.2) is 0 Å². The predicted molar refractivity (Wildman–Crippen MR) is 66.7 cm³/mol. The maximum atomic E-state index is 5.40. The molecule has 1 N–H and O–H groups in total. The Hall–Kier alpha value is -0.120. The van der Waals surface area contributed by atoms with Crippen LogP contribution in [-0.4, -0.2) is 49.8 Å². The van der Waals surface area contributed by atoms with Gasteiger partial charge < -0.3 is 10.1 Å². The van der Waals surface area contributed by atoms with Crippen LogP contribution in [0.15, 0.2) is 0 Å². The van der Waals surface area contributed by atoms with Crippen molar-refractivity contribution in [1.29, 1.82) is 0 Å². The second-order valence-corrected chi connectivity index (χ2v) is 5.22. The van der Waals surface area contributed by atoms with Crippen LogP contribution in [0.5, 0.6) is 0 Å². The molecule has 2 atom stereocenters. The highest BCUT2D eigenvalue weighted by Gasteiger charge is 2.28. The highest BCUT2D eigenvalue weighted by molar-refractivity contribution is 4.87. The molecule has 2 aliphatic rings. The summed E-state index contributed by atoms with van der Waals surface area (Å²) in [5.41, 5.74) is 0. The molecule has 0 bridgehead atoms. The molecule has 3 nitrogen and oxygen atoms in total. The van der Waals surface area contributed by atoms with Crippen molar-refractivity contribution in [1.82, 2.24) is 10.2 Å². The van der Waals surface area contributed by atoms with E-state index >= 15 is 0 Å². The zero-order chi connectivity index (χ0) is 11.4. The van der Waals surface area contributed by atoms with E-state index in [-0.39, 0.29) is 0 Å². The Morgan fingerprint density at radius 2 is 2.06 bits per heavy atom. The third-order valence-corrected chi connectivity index (χ3v) is 4.22. The van der Waals surface area contributed by atoms with Gasteiger partial charge in [-0.15, -0.1) is 0 Å². The Morgan fingerprint density at radius 1 is 1.31 bits per heavy atom. The molecule has 0 radical (unpaired) electrons. The van der Waals surface area contributed by atoms with E-state index in [1.165, 1.54) is 45.2 Å². The van der Waals surface area contributed by atoms with Crippen molar-refractivity contribution in [3.8, 4) is 0 Å². The summed E-state index contributed by atoms with van der Waals surface area (Å²) in [5.74, 6) is 0. The molecule has 0 aromatic rings. The normalized spacial score (nSPS) is 31.7. The third-order valence-electron chi connectivity index (χ3n) is 4.22. The number of hydrogen-bond donors (Lipinski definition) is 1. The van der Waals surface area contributed by atoms with Crippen LogP contribution >= 0.6 is 0 Å². The molecule has 1 heterocycles. The molecule has 1 saturated carbocycles. The van der Waals surface area contributed by atoms with E-state index in [1.54, 1.807) is 0 Å². The van der Waals surface area contributed by atoms with Crippen LogP contribution in [0, 0.1) is 0 Å². The minimum atomic E-state index is 0.437. The lowest BCUT2D eigenvalue weighted by molar-refractivity contribution is 0.114. The Bertz CT molecular complexity index is 204. The molecule has 16 heavy (non-hydrogen) atoms. The first-order valence-electron chi connectivity index (χ1n) is 6.83. The Kier molecular flexibility index (Phi) is 4.62. The number of ether oxygens (including phenoxy) is 1. The summed E-state index contributed by atoms with van der Waals surface area (Å²) >= 11 is 0. The van der Waals surface area contributed by atoms with Gasteiger partial charge in [0, 0.05) is 32.3 Å². The molecular formula is C13H26N2O. The minimum Gasteiger partial charge on any atom is -0.380 e. The smallest absolute Gasteiger partial charge is 0.0711 e. The first-order chi connectivity index (χ1) is 7.83. The third kappa shape index (κ3) is 2.96. The first kappa shape index (κ1) is 12.3. The maximum Gasteiger partial charge on any atom is 0.0711 e. The summed E-state index contributed by atoms with van der Waals surface area (Å²) in [4.78, 5) is 2.67. The van der Waals surface area contributed by atoms with Gasteiger partial charge in [-0.2, -0.15) is 0 Å². The van der Waals surface area contributed by atoms with Gasteiger partial charge in [-0.3, -0.25) is 4.90 Å². The molecule has 1 aliphatic carbocycles. The lowest BCUT2D eigenvalue weighted by Crippen LogP contribution is -2.42. The molecule has 2 rings (SSSR count). The van der Waals surface area contributed by atoms with Crippen molar-refractivity contribution in [3.05, 3.63) is 0 Å². The Balaban J connectivity index is 1.78. The summed E-state index contributed by atoms with van der Waals surface area (Å²) < 4.78 is 5.40. The SMILES string of the molecule is CCN(CC1CC(OC)CN1)C1CCCC1. The van der Waals surface area contributed by atoms with Gasteiger partial charge in [0.05, 0.1) is 6.10 Å². The van der Waals surface area contributed by atoms with E-state index < -0.39 is 0 Å². The monoisotopic (exact) mass is 226 g/mol. The van der Waals surface area contributed by atoms with E-state index in [2.05, 4.69) is 17.1 Å². The summed E-state index contributed by atoms with van der Waals surface area (Å²) in [5, 5.41) is 3.58. The van der Waals surface area contributed by atoms with Crippen molar-refractivity contribution in [2.24, 2.45) is 0 Å². The van der Waals surface area contributed by atoms with Crippen molar-refractivity contribution in [3.63, 3.8) is 0 Å².